The summed E-state index contributed by atoms with van der Waals surface area (Å²) in [4.78, 5) is 21.8. The molecular weight excluding hydrogens is 276 g/mol. The molecule has 0 N–H and O–H groups in total. The van der Waals surface area contributed by atoms with Crippen molar-refractivity contribution < 1.29 is 0 Å². The van der Waals surface area contributed by atoms with E-state index in [9.17, 15) is 0 Å². The van der Waals surface area contributed by atoms with Crippen molar-refractivity contribution in [2.24, 2.45) is 0 Å². The second-order valence-corrected chi connectivity index (χ2v) is 5.84. The lowest BCUT2D eigenvalue weighted by Gasteiger charge is -2.37. The number of hydrogen-bond donors (Lipinski definition) is 0. The maximum Gasteiger partial charge on any atom is 0.131 e. The zero-order valence-corrected chi connectivity index (χ0v) is 13.2. The van der Waals surface area contributed by atoms with Crippen LogP contribution in [0.5, 0.6) is 0 Å². The number of aryl methyl sites for hydroxylation is 1. The van der Waals surface area contributed by atoms with Crippen LogP contribution in [-0.2, 0) is 6.54 Å². The molecule has 1 aliphatic rings. The summed E-state index contributed by atoms with van der Waals surface area (Å²) >= 11 is 0. The highest BCUT2D eigenvalue weighted by atomic mass is 15.2. The minimum atomic E-state index is 0.537. The molecule has 22 heavy (non-hydrogen) atoms. The van der Waals surface area contributed by atoms with Gasteiger partial charge in [0.25, 0.3) is 0 Å². The van der Waals surface area contributed by atoms with Crippen molar-refractivity contribution in [3.8, 4) is 0 Å². The molecule has 3 rings (SSSR count). The van der Waals surface area contributed by atoms with Crippen molar-refractivity contribution in [2.75, 3.05) is 25.0 Å². The lowest BCUT2D eigenvalue weighted by molar-refractivity contribution is 0.201. The van der Waals surface area contributed by atoms with Crippen LogP contribution in [-0.4, -0.2) is 51.0 Å². The van der Waals surface area contributed by atoms with Gasteiger partial charge in [-0.25, -0.2) is 9.97 Å². The fourth-order valence-corrected chi connectivity index (χ4v) is 2.96. The number of rotatable bonds is 4. The van der Waals surface area contributed by atoms with Gasteiger partial charge in [-0.1, -0.05) is 0 Å². The van der Waals surface area contributed by atoms with Crippen molar-refractivity contribution in [3.05, 3.63) is 42.4 Å². The highest BCUT2D eigenvalue weighted by Crippen LogP contribution is 2.20. The smallest absolute Gasteiger partial charge is 0.131 e. The Morgan fingerprint density at radius 2 is 2.05 bits per heavy atom. The van der Waals surface area contributed by atoms with E-state index in [1.54, 1.807) is 18.7 Å². The van der Waals surface area contributed by atoms with Crippen molar-refractivity contribution >= 4 is 5.82 Å². The Kier molecular flexibility index (Phi) is 4.58. The van der Waals surface area contributed by atoms with Gasteiger partial charge in [0.2, 0.25) is 0 Å². The van der Waals surface area contributed by atoms with E-state index in [1.807, 2.05) is 19.2 Å². The molecule has 0 amide bonds. The van der Waals surface area contributed by atoms with Crippen LogP contribution < -0.4 is 4.90 Å². The Balaban J connectivity index is 1.54. The van der Waals surface area contributed by atoms with Crippen molar-refractivity contribution in [1.29, 1.82) is 0 Å². The molecule has 116 valence electrons. The molecule has 0 unspecified atom stereocenters. The summed E-state index contributed by atoms with van der Waals surface area (Å²) in [5, 5.41) is 0. The fraction of sp³-hybridized carbons (Fsp3) is 0.500. The molecule has 0 aliphatic carbocycles. The first kappa shape index (κ1) is 14.8. The monoisotopic (exact) mass is 298 g/mol. The van der Waals surface area contributed by atoms with Gasteiger partial charge in [-0.3, -0.25) is 14.9 Å². The molecule has 0 aromatic carbocycles. The summed E-state index contributed by atoms with van der Waals surface area (Å²) in [6.07, 6.45) is 9.35. The van der Waals surface area contributed by atoms with Gasteiger partial charge >= 0.3 is 0 Å². The number of piperidine rings is 1. The molecule has 0 radical (unpaired) electrons. The summed E-state index contributed by atoms with van der Waals surface area (Å²) in [7, 11) is 2.12. The largest absolute Gasteiger partial charge is 0.356 e. The number of hydrogen-bond acceptors (Lipinski definition) is 6. The summed E-state index contributed by atoms with van der Waals surface area (Å²) in [6, 6.07) is 2.50. The van der Waals surface area contributed by atoms with E-state index in [-0.39, 0.29) is 0 Å². The fourth-order valence-electron chi connectivity index (χ4n) is 2.96. The lowest BCUT2D eigenvalue weighted by atomic mass is 10.0. The van der Waals surface area contributed by atoms with Crippen LogP contribution in [0.25, 0.3) is 0 Å². The predicted molar refractivity (Wildman–Crippen MR) is 85.5 cm³/mol. The van der Waals surface area contributed by atoms with Gasteiger partial charge in [-0.05, 0) is 25.8 Å². The minimum Gasteiger partial charge on any atom is -0.356 e. The molecule has 6 heteroatoms. The second kappa shape index (κ2) is 6.79. The summed E-state index contributed by atoms with van der Waals surface area (Å²) in [5.41, 5.74) is 2.04. The average Bonchev–Trinajstić information content (AvgIpc) is 2.56. The van der Waals surface area contributed by atoms with E-state index < -0.39 is 0 Å². The zero-order chi connectivity index (χ0) is 15.4. The highest BCUT2D eigenvalue weighted by Gasteiger charge is 2.23. The molecule has 1 fully saturated rings. The third-order valence-corrected chi connectivity index (χ3v) is 4.22. The van der Waals surface area contributed by atoms with Crippen LogP contribution in [0, 0.1) is 6.92 Å². The number of anilines is 1. The third-order valence-electron chi connectivity index (χ3n) is 4.22. The zero-order valence-electron chi connectivity index (χ0n) is 13.2. The molecule has 0 atom stereocenters. The summed E-state index contributed by atoms with van der Waals surface area (Å²) in [6.45, 7) is 5.03. The number of likely N-dealkylation sites (tertiary alicyclic amines) is 1. The standard InChI is InChI=1S/C16H22N6/c1-13-9-18-10-14(20-13)11-22-7-4-15(5-8-22)21(2)16-3-6-17-12-19-16/h3,6,9-10,12,15H,4-5,7-8,11H2,1-2H3. The Morgan fingerprint density at radius 1 is 1.23 bits per heavy atom. The van der Waals surface area contributed by atoms with Crippen molar-refractivity contribution in [1.82, 2.24) is 24.8 Å². The first-order chi connectivity index (χ1) is 10.7. The lowest BCUT2D eigenvalue weighted by Crippen LogP contribution is -2.43. The molecule has 2 aromatic heterocycles. The predicted octanol–water partition coefficient (Wildman–Crippen LogP) is 1.68. The molecule has 0 spiro atoms. The highest BCUT2D eigenvalue weighted by molar-refractivity contribution is 5.36. The van der Waals surface area contributed by atoms with E-state index in [2.05, 4.69) is 36.8 Å². The second-order valence-electron chi connectivity index (χ2n) is 5.84. The first-order valence-electron chi connectivity index (χ1n) is 7.71. The quantitative estimate of drug-likeness (QED) is 0.856. The summed E-state index contributed by atoms with van der Waals surface area (Å²) in [5.74, 6) is 0.998. The van der Waals surface area contributed by atoms with Gasteiger partial charge in [0.15, 0.2) is 0 Å². The van der Waals surface area contributed by atoms with Crippen molar-refractivity contribution in [2.45, 2.75) is 32.4 Å². The Hall–Kier alpha value is -2.08. The number of nitrogens with zero attached hydrogens (tertiary/aromatic N) is 6. The van der Waals surface area contributed by atoms with Gasteiger partial charge in [-0.15, -0.1) is 0 Å². The van der Waals surface area contributed by atoms with E-state index in [4.69, 9.17) is 0 Å². The molecule has 3 heterocycles. The van der Waals surface area contributed by atoms with Crippen LogP contribution in [0.3, 0.4) is 0 Å². The maximum absolute atomic E-state index is 4.54. The van der Waals surface area contributed by atoms with E-state index in [0.717, 1.165) is 49.7 Å². The van der Waals surface area contributed by atoms with Crippen LogP contribution >= 0.6 is 0 Å². The van der Waals surface area contributed by atoms with E-state index in [1.165, 1.54) is 0 Å². The molecule has 0 bridgehead atoms. The maximum atomic E-state index is 4.54. The molecule has 2 aromatic rings. The Labute approximate surface area is 131 Å². The Bertz CT molecular complexity index is 595. The Morgan fingerprint density at radius 3 is 2.73 bits per heavy atom. The van der Waals surface area contributed by atoms with Gasteiger partial charge in [0.1, 0.15) is 12.1 Å². The molecule has 6 nitrogen and oxygen atoms in total. The van der Waals surface area contributed by atoms with Gasteiger partial charge < -0.3 is 4.90 Å². The van der Waals surface area contributed by atoms with E-state index in [0.29, 0.717) is 6.04 Å². The normalized spacial score (nSPS) is 16.6. The summed E-state index contributed by atoms with van der Waals surface area (Å²) < 4.78 is 0. The number of aromatic nitrogens is 4. The van der Waals surface area contributed by atoms with Crippen molar-refractivity contribution in [3.63, 3.8) is 0 Å². The van der Waals surface area contributed by atoms with Gasteiger partial charge in [0, 0.05) is 51.3 Å². The first-order valence-corrected chi connectivity index (χ1v) is 7.71. The minimum absolute atomic E-state index is 0.537. The van der Waals surface area contributed by atoms with Crippen LogP contribution in [0.2, 0.25) is 0 Å². The van der Waals surface area contributed by atoms with E-state index >= 15 is 0 Å². The SMILES string of the molecule is Cc1cncc(CN2CCC(N(C)c3ccncn3)CC2)n1. The molecule has 1 saturated heterocycles. The molecule has 1 aliphatic heterocycles. The van der Waals surface area contributed by atoms with Gasteiger partial charge in [-0.2, -0.15) is 0 Å². The molecular formula is C16H22N6. The third kappa shape index (κ3) is 3.57. The van der Waals surface area contributed by atoms with Gasteiger partial charge in [0.05, 0.1) is 11.4 Å². The molecule has 0 saturated carbocycles. The van der Waals surface area contributed by atoms with Crippen LogP contribution in [0.4, 0.5) is 5.82 Å². The van der Waals surface area contributed by atoms with Crippen LogP contribution in [0.1, 0.15) is 24.2 Å². The van der Waals surface area contributed by atoms with Crippen LogP contribution in [0.15, 0.2) is 31.0 Å². The average molecular weight is 298 g/mol. The topological polar surface area (TPSA) is 58.0 Å².